The molecular formula is C24H35ClO. The fraction of sp³-hybridized carbons (Fsp3) is 0.667. The zero-order valence-electron chi connectivity index (χ0n) is 16.2. The number of allylic oxidation sites excluding steroid dienone is 1. The van der Waals surface area contributed by atoms with Gasteiger partial charge in [0.05, 0.1) is 6.61 Å². The van der Waals surface area contributed by atoms with Gasteiger partial charge in [-0.25, -0.2) is 0 Å². The van der Waals surface area contributed by atoms with Crippen LogP contribution in [0.1, 0.15) is 70.6 Å². The van der Waals surface area contributed by atoms with Crippen LogP contribution in [0, 0.1) is 23.7 Å². The van der Waals surface area contributed by atoms with Gasteiger partial charge >= 0.3 is 0 Å². The first-order valence-corrected chi connectivity index (χ1v) is 11.1. The fourth-order valence-electron chi connectivity index (χ4n) is 5.07. The summed E-state index contributed by atoms with van der Waals surface area (Å²) in [5, 5.41) is 0.772. The molecule has 1 aromatic carbocycles. The Morgan fingerprint density at radius 3 is 2.04 bits per heavy atom. The molecule has 2 fully saturated rings. The van der Waals surface area contributed by atoms with Gasteiger partial charge in [-0.3, -0.25) is 0 Å². The molecule has 0 aromatic heterocycles. The maximum absolute atomic E-state index is 5.98. The minimum absolute atomic E-state index is 0.733. The van der Waals surface area contributed by atoms with Gasteiger partial charge in [0.25, 0.3) is 0 Å². The van der Waals surface area contributed by atoms with Crippen LogP contribution in [-0.4, -0.2) is 6.61 Å². The van der Waals surface area contributed by atoms with E-state index >= 15 is 0 Å². The van der Waals surface area contributed by atoms with Crippen molar-refractivity contribution in [2.45, 2.75) is 70.6 Å². The summed E-state index contributed by atoms with van der Waals surface area (Å²) >= 11 is 5.93. The Morgan fingerprint density at radius 2 is 1.46 bits per heavy atom. The van der Waals surface area contributed by atoms with Crippen molar-refractivity contribution < 1.29 is 4.74 Å². The highest BCUT2D eigenvalue weighted by Crippen LogP contribution is 2.42. The minimum Gasteiger partial charge on any atom is -0.493 e. The van der Waals surface area contributed by atoms with Crippen LogP contribution in [0.15, 0.2) is 36.9 Å². The molecule has 2 aliphatic carbocycles. The highest BCUT2D eigenvalue weighted by atomic mass is 35.5. The Labute approximate surface area is 165 Å². The number of ether oxygens (including phenoxy) is 1. The van der Waals surface area contributed by atoms with Crippen LogP contribution in [-0.2, 0) is 0 Å². The minimum atomic E-state index is 0.733. The molecule has 0 N–H and O–H groups in total. The Kier molecular flexibility index (Phi) is 7.92. The Bertz CT molecular complexity index is 522. The number of rotatable bonds is 8. The lowest BCUT2D eigenvalue weighted by Crippen LogP contribution is -2.27. The summed E-state index contributed by atoms with van der Waals surface area (Å²) in [7, 11) is 0. The molecule has 0 amide bonds. The summed E-state index contributed by atoms with van der Waals surface area (Å²) < 4.78 is 5.98. The lowest BCUT2D eigenvalue weighted by Gasteiger charge is -2.37. The van der Waals surface area contributed by atoms with Crippen molar-refractivity contribution in [3.8, 4) is 5.75 Å². The first kappa shape index (κ1) is 19.8. The van der Waals surface area contributed by atoms with E-state index in [0.29, 0.717) is 0 Å². The molecule has 0 radical (unpaired) electrons. The highest BCUT2D eigenvalue weighted by molar-refractivity contribution is 6.30. The van der Waals surface area contributed by atoms with E-state index in [4.69, 9.17) is 16.3 Å². The standard InChI is InChI=1S/C24H35ClO/c1-2-3-4-5-19-6-10-21(11-7-19)22-12-8-20(9-13-22)18-26-24-16-14-23(25)15-17-24/h2,14-17,19-22H,1,3-13,18H2/t19-,20-,21-,22-. The summed E-state index contributed by atoms with van der Waals surface area (Å²) in [6, 6.07) is 7.76. The van der Waals surface area contributed by atoms with E-state index in [-0.39, 0.29) is 0 Å². The summed E-state index contributed by atoms with van der Waals surface area (Å²) in [6.07, 6.45) is 17.5. The first-order valence-electron chi connectivity index (χ1n) is 10.7. The van der Waals surface area contributed by atoms with Crippen molar-refractivity contribution >= 4 is 11.6 Å². The van der Waals surface area contributed by atoms with E-state index in [1.165, 1.54) is 70.6 Å². The van der Waals surface area contributed by atoms with Gasteiger partial charge < -0.3 is 4.74 Å². The van der Waals surface area contributed by atoms with E-state index in [1.54, 1.807) is 0 Å². The van der Waals surface area contributed by atoms with Crippen LogP contribution >= 0.6 is 11.6 Å². The summed E-state index contributed by atoms with van der Waals surface area (Å²) in [5.74, 6) is 4.67. The van der Waals surface area contributed by atoms with Gasteiger partial charge in [-0.05, 0) is 99.3 Å². The SMILES string of the molecule is C=CCCC[C@H]1CC[C@H]([C@H]2CC[C@H](COc3ccc(Cl)cc3)CC2)CC1. The number of hydrogen-bond acceptors (Lipinski definition) is 1. The second-order valence-corrected chi connectivity index (χ2v) is 8.98. The van der Waals surface area contributed by atoms with Gasteiger partial charge in [0.2, 0.25) is 0 Å². The third-order valence-corrected chi connectivity index (χ3v) is 7.02. The third-order valence-electron chi connectivity index (χ3n) is 6.77. The van der Waals surface area contributed by atoms with Crippen molar-refractivity contribution in [2.75, 3.05) is 6.61 Å². The van der Waals surface area contributed by atoms with Crippen LogP contribution in [0.2, 0.25) is 5.02 Å². The van der Waals surface area contributed by atoms with Crippen LogP contribution in [0.5, 0.6) is 5.75 Å². The summed E-state index contributed by atoms with van der Waals surface area (Å²) in [5.41, 5.74) is 0. The summed E-state index contributed by atoms with van der Waals surface area (Å²) in [4.78, 5) is 0. The molecule has 1 aromatic rings. The van der Waals surface area contributed by atoms with E-state index in [2.05, 4.69) is 12.7 Å². The van der Waals surface area contributed by atoms with Crippen molar-refractivity contribution in [3.63, 3.8) is 0 Å². The maximum Gasteiger partial charge on any atom is 0.119 e. The molecule has 144 valence electrons. The molecule has 0 bridgehead atoms. The Balaban J connectivity index is 1.32. The third kappa shape index (κ3) is 6.05. The number of hydrogen-bond donors (Lipinski definition) is 0. The average Bonchev–Trinajstić information content (AvgIpc) is 2.69. The van der Waals surface area contributed by atoms with Gasteiger partial charge in [-0.15, -0.1) is 6.58 Å². The second kappa shape index (κ2) is 10.4. The monoisotopic (exact) mass is 374 g/mol. The average molecular weight is 375 g/mol. The predicted octanol–water partition coefficient (Wildman–Crippen LogP) is 7.69. The predicted molar refractivity (Wildman–Crippen MR) is 112 cm³/mol. The van der Waals surface area contributed by atoms with E-state index in [1.807, 2.05) is 24.3 Å². The molecule has 0 aliphatic heterocycles. The van der Waals surface area contributed by atoms with E-state index in [0.717, 1.165) is 41.1 Å². The first-order chi connectivity index (χ1) is 12.7. The maximum atomic E-state index is 5.98. The lowest BCUT2D eigenvalue weighted by atomic mass is 9.69. The van der Waals surface area contributed by atoms with Gasteiger partial charge in [0, 0.05) is 5.02 Å². The Hall–Kier alpha value is -0.950. The number of halogens is 1. The second-order valence-electron chi connectivity index (χ2n) is 8.55. The van der Waals surface area contributed by atoms with Crippen LogP contribution in [0.4, 0.5) is 0 Å². The lowest BCUT2D eigenvalue weighted by molar-refractivity contribution is 0.121. The smallest absolute Gasteiger partial charge is 0.119 e. The van der Waals surface area contributed by atoms with E-state index < -0.39 is 0 Å². The van der Waals surface area contributed by atoms with Gasteiger partial charge in [0.15, 0.2) is 0 Å². The molecular weight excluding hydrogens is 340 g/mol. The molecule has 2 saturated carbocycles. The summed E-state index contributed by atoms with van der Waals surface area (Å²) in [6.45, 7) is 4.71. The van der Waals surface area contributed by atoms with Crippen LogP contribution in [0.3, 0.4) is 0 Å². The molecule has 3 rings (SSSR count). The van der Waals surface area contributed by atoms with Gasteiger partial charge in [-0.2, -0.15) is 0 Å². The molecule has 26 heavy (non-hydrogen) atoms. The molecule has 0 spiro atoms. The molecule has 2 heteroatoms. The topological polar surface area (TPSA) is 9.23 Å². The van der Waals surface area contributed by atoms with Crippen LogP contribution in [0.25, 0.3) is 0 Å². The van der Waals surface area contributed by atoms with Crippen molar-refractivity contribution in [3.05, 3.63) is 41.9 Å². The van der Waals surface area contributed by atoms with Crippen molar-refractivity contribution in [2.24, 2.45) is 23.7 Å². The largest absolute Gasteiger partial charge is 0.493 e. The van der Waals surface area contributed by atoms with Crippen LogP contribution < -0.4 is 4.74 Å². The molecule has 0 atom stereocenters. The number of unbranched alkanes of at least 4 members (excludes halogenated alkanes) is 1. The number of benzene rings is 1. The molecule has 0 saturated heterocycles. The zero-order chi connectivity index (χ0) is 18.2. The van der Waals surface area contributed by atoms with Crippen molar-refractivity contribution in [1.29, 1.82) is 0 Å². The van der Waals surface area contributed by atoms with Gasteiger partial charge in [-0.1, -0.05) is 36.9 Å². The molecule has 0 heterocycles. The fourth-order valence-corrected chi connectivity index (χ4v) is 5.20. The Morgan fingerprint density at radius 1 is 0.885 bits per heavy atom. The molecule has 2 aliphatic rings. The normalized spacial score (nSPS) is 29.3. The van der Waals surface area contributed by atoms with Crippen molar-refractivity contribution in [1.82, 2.24) is 0 Å². The highest BCUT2D eigenvalue weighted by Gasteiger charge is 2.30. The molecule has 0 unspecified atom stereocenters. The molecule has 1 nitrogen and oxygen atoms in total. The quantitative estimate of drug-likeness (QED) is 0.334. The van der Waals surface area contributed by atoms with Gasteiger partial charge in [0.1, 0.15) is 5.75 Å². The zero-order valence-corrected chi connectivity index (χ0v) is 16.9. The van der Waals surface area contributed by atoms with E-state index in [9.17, 15) is 0 Å².